The molecular formula is C19H32N4O3. The molecule has 1 aromatic rings. The topological polar surface area (TPSA) is 119 Å². The Labute approximate surface area is 155 Å². The van der Waals surface area contributed by atoms with E-state index in [1.807, 2.05) is 31.2 Å². The minimum Gasteiger partial charge on any atom is -0.460 e. The SMILES string of the molecule is Cc1ccccc1NC(=O)NCCCC[C@@H](C(=O)OC(C)(C)C)C(N)N. The Morgan fingerprint density at radius 1 is 1.15 bits per heavy atom. The van der Waals surface area contributed by atoms with Gasteiger partial charge in [0.15, 0.2) is 0 Å². The van der Waals surface area contributed by atoms with Crippen LogP contribution in [0.4, 0.5) is 10.5 Å². The molecule has 7 nitrogen and oxygen atoms in total. The van der Waals surface area contributed by atoms with E-state index in [4.69, 9.17) is 16.2 Å². The fourth-order valence-electron chi connectivity index (χ4n) is 2.42. The summed E-state index contributed by atoms with van der Waals surface area (Å²) in [5.74, 6) is -0.923. The number of urea groups is 1. The minimum atomic E-state index is -0.762. The van der Waals surface area contributed by atoms with E-state index >= 15 is 0 Å². The smallest absolute Gasteiger partial charge is 0.319 e. The number of rotatable bonds is 8. The van der Waals surface area contributed by atoms with Crippen molar-refractivity contribution in [3.8, 4) is 0 Å². The van der Waals surface area contributed by atoms with E-state index in [0.29, 0.717) is 25.8 Å². The highest BCUT2D eigenvalue weighted by Crippen LogP contribution is 2.17. The predicted octanol–water partition coefficient (Wildman–Crippen LogP) is 2.49. The fourth-order valence-corrected chi connectivity index (χ4v) is 2.42. The van der Waals surface area contributed by atoms with Crippen LogP contribution >= 0.6 is 0 Å². The summed E-state index contributed by atoms with van der Waals surface area (Å²) in [6.45, 7) is 7.85. The molecule has 146 valence electrons. The number of benzene rings is 1. The second kappa shape index (κ2) is 10.1. The molecule has 0 saturated carbocycles. The van der Waals surface area contributed by atoms with Gasteiger partial charge >= 0.3 is 12.0 Å². The zero-order valence-corrected chi connectivity index (χ0v) is 16.2. The molecule has 0 radical (unpaired) electrons. The van der Waals surface area contributed by atoms with Crippen LogP contribution in [-0.4, -0.2) is 30.3 Å². The Morgan fingerprint density at radius 2 is 1.81 bits per heavy atom. The molecule has 0 saturated heterocycles. The van der Waals surface area contributed by atoms with Gasteiger partial charge in [0.05, 0.1) is 12.1 Å². The van der Waals surface area contributed by atoms with Gasteiger partial charge in [0, 0.05) is 12.2 Å². The first kappa shape index (κ1) is 21.9. The molecule has 0 spiro atoms. The molecule has 0 aliphatic heterocycles. The van der Waals surface area contributed by atoms with E-state index in [1.165, 1.54) is 0 Å². The lowest BCUT2D eigenvalue weighted by Gasteiger charge is -2.25. The molecule has 2 amide bonds. The molecule has 1 rings (SSSR count). The van der Waals surface area contributed by atoms with Crippen LogP contribution in [0, 0.1) is 12.8 Å². The maximum atomic E-state index is 12.1. The number of para-hydroxylation sites is 1. The maximum Gasteiger partial charge on any atom is 0.319 e. The summed E-state index contributed by atoms with van der Waals surface area (Å²) >= 11 is 0. The van der Waals surface area contributed by atoms with Crippen molar-refractivity contribution in [1.29, 1.82) is 0 Å². The highest BCUT2D eigenvalue weighted by molar-refractivity contribution is 5.89. The van der Waals surface area contributed by atoms with E-state index in [2.05, 4.69) is 10.6 Å². The summed E-state index contributed by atoms with van der Waals surface area (Å²) in [7, 11) is 0. The third kappa shape index (κ3) is 8.31. The standard InChI is InChI=1S/C19H32N4O3/c1-13-9-5-6-11-15(13)23-18(25)22-12-8-7-10-14(16(20)21)17(24)26-19(2,3)4/h5-6,9,11,14,16H,7-8,10,12,20-21H2,1-4H3,(H2,22,23,25)/t14-/m1/s1. The number of nitrogens with one attached hydrogen (secondary N) is 2. The number of anilines is 1. The van der Waals surface area contributed by atoms with Gasteiger partial charge in [-0.2, -0.15) is 0 Å². The number of hydrogen-bond donors (Lipinski definition) is 4. The first-order valence-corrected chi connectivity index (χ1v) is 8.94. The van der Waals surface area contributed by atoms with Gasteiger partial charge in [-0.05, 0) is 52.2 Å². The molecule has 1 aromatic carbocycles. The number of carbonyl (C=O) groups is 2. The van der Waals surface area contributed by atoms with Gasteiger partial charge in [0.2, 0.25) is 0 Å². The van der Waals surface area contributed by atoms with Crippen molar-refractivity contribution in [2.45, 2.75) is 58.7 Å². The van der Waals surface area contributed by atoms with Crippen molar-refractivity contribution < 1.29 is 14.3 Å². The van der Waals surface area contributed by atoms with Crippen molar-refractivity contribution >= 4 is 17.7 Å². The molecule has 0 heterocycles. The molecule has 0 aromatic heterocycles. The largest absolute Gasteiger partial charge is 0.460 e. The third-order valence-corrected chi connectivity index (χ3v) is 3.79. The minimum absolute atomic E-state index is 0.251. The number of carbonyl (C=O) groups excluding carboxylic acids is 2. The molecule has 0 fully saturated rings. The van der Waals surface area contributed by atoms with Gasteiger partial charge in [-0.1, -0.05) is 24.6 Å². The van der Waals surface area contributed by atoms with Crippen molar-refractivity contribution in [3.05, 3.63) is 29.8 Å². The quantitative estimate of drug-likeness (QED) is 0.321. The summed E-state index contributed by atoms with van der Waals surface area (Å²) in [6, 6.07) is 7.32. The molecule has 0 aliphatic rings. The number of hydrogen-bond acceptors (Lipinski definition) is 5. The Balaban J connectivity index is 2.32. The van der Waals surface area contributed by atoms with Crippen LogP contribution in [0.3, 0.4) is 0 Å². The van der Waals surface area contributed by atoms with Crippen LogP contribution in [0.2, 0.25) is 0 Å². The molecule has 1 atom stereocenters. The lowest BCUT2D eigenvalue weighted by Crippen LogP contribution is -2.45. The predicted molar refractivity (Wildman–Crippen MR) is 104 cm³/mol. The molecule has 6 N–H and O–H groups in total. The third-order valence-electron chi connectivity index (χ3n) is 3.79. The first-order valence-electron chi connectivity index (χ1n) is 8.94. The van der Waals surface area contributed by atoms with Crippen LogP contribution in [0.25, 0.3) is 0 Å². The van der Waals surface area contributed by atoms with Crippen LogP contribution in [0.1, 0.15) is 45.6 Å². The monoisotopic (exact) mass is 364 g/mol. The molecule has 0 unspecified atom stereocenters. The Morgan fingerprint density at radius 3 is 2.38 bits per heavy atom. The molecule has 7 heteroatoms. The van der Waals surface area contributed by atoms with Crippen molar-refractivity contribution in [2.24, 2.45) is 17.4 Å². The summed E-state index contributed by atoms with van der Waals surface area (Å²) in [6.07, 6.45) is 1.18. The molecule has 26 heavy (non-hydrogen) atoms. The lowest BCUT2D eigenvalue weighted by molar-refractivity contribution is -0.161. The zero-order chi connectivity index (χ0) is 19.7. The van der Waals surface area contributed by atoms with Crippen molar-refractivity contribution in [1.82, 2.24) is 5.32 Å². The van der Waals surface area contributed by atoms with E-state index in [0.717, 1.165) is 11.3 Å². The average molecular weight is 364 g/mol. The van der Waals surface area contributed by atoms with Gasteiger partial charge in [0.25, 0.3) is 0 Å². The number of amides is 2. The number of nitrogens with two attached hydrogens (primary N) is 2. The van der Waals surface area contributed by atoms with Crippen molar-refractivity contribution in [3.63, 3.8) is 0 Å². The van der Waals surface area contributed by atoms with Crippen LogP contribution in [0.5, 0.6) is 0 Å². The summed E-state index contributed by atoms with van der Waals surface area (Å²) < 4.78 is 5.36. The summed E-state index contributed by atoms with van der Waals surface area (Å²) in [5.41, 5.74) is 12.6. The average Bonchev–Trinajstić information content (AvgIpc) is 2.50. The Kier molecular flexibility index (Phi) is 8.54. The number of ether oxygens (including phenoxy) is 1. The van der Waals surface area contributed by atoms with E-state index < -0.39 is 17.7 Å². The zero-order valence-electron chi connectivity index (χ0n) is 16.2. The summed E-state index contributed by atoms with van der Waals surface area (Å²) in [5, 5.41) is 5.61. The van der Waals surface area contributed by atoms with Crippen LogP contribution < -0.4 is 22.1 Å². The second-order valence-corrected chi connectivity index (χ2v) is 7.41. The van der Waals surface area contributed by atoms with E-state index in [9.17, 15) is 9.59 Å². The normalized spacial score (nSPS) is 12.6. The lowest BCUT2D eigenvalue weighted by atomic mass is 9.99. The first-order chi connectivity index (χ1) is 12.1. The van der Waals surface area contributed by atoms with Gasteiger partial charge in [-0.15, -0.1) is 0 Å². The number of aryl methyl sites for hydroxylation is 1. The molecule has 0 bridgehead atoms. The second-order valence-electron chi connectivity index (χ2n) is 7.41. The highest BCUT2D eigenvalue weighted by Gasteiger charge is 2.28. The molecule has 0 aliphatic carbocycles. The maximum absolute atomic E-state index is 12.1. The fraction of sp³-hybridized carbons (Fsp3) is 0.579. The van der Waals surface area contributed by atoms with E-state index in [1.54, 1.807) is 20.8 Å². The van der Waals surface area contributed by atoms with E-state index in [-0.39, 0.29) is 12.0 Å². The van der Waals surface area contributed by atoms with Crippen molar-refractivity contribution in [2.75, 3.05) is 11.9 Å². The van der Waals surface area contributed by atoms with Gasteiger partial charge in [0.1, 0.15) is 5.60 Å². The number of unbranched alkanes of at least 4 members (excludes halogenated alkanes) is 1. The van der Waals surface area contributed by atoms with Gasteiger partial charge in [-0.25, -0.2) is 4.79 Å². The number of esters is 1. The molecular weight excluding hydrogens is 332 g/mol. The van der Waals surface area contributed by atoms with Crippen LogP contribution in [0.15, 0.2) is 24.3 Å². The highest BCUT2D eigenvalue weighted by atomic mass is 16.6. The Bertz CT molecular complexity index is 597. The van der Waals surface area contributed by atoms with Gasteiger partial charge in [-0.3, -0.25) is 4.79 Å². The van der Waals surface area contributed by atoms with Crippen LogP contribution in [-0.2, 0) is 9.53 Å². The summed E-state index contributed by atoms with van der Waals surface area (Å²) in [4.78, 5) is 24.0. The van der Waals surface area contributed by atoms with Gasteiger partial charge < -0.3 is 26.8 Å². The Hall–Kier alpha value is -2.12.